The average molecular weight is 255 g/mol. The molecule has 6 heteroatoms. The van der Waals surface area contributed by atoms with Crippen LogP contribution in [0.3, 0.4) is 0 Å². The van der Waals surface area contributed by atoms with Crippen LogP contribution in [0.4, 0.5) is 0 Å². The quantitative estimate of drug-likeness (QED) is 0.885. The van der Waals surface area contributed by atoms with Crippen molar-refractivity contribution in [2.24, 2.45) is 5.92 Å². The maximum Gasteiger partial charge on any atom is 0.264 e. The summed E-state index contributed by atoms with van der Waals surface area (Å²) in [6.45, 7) is 0.743. The van der Waals surface area contributed by atoms with Gasteiger partial charge in [0, 0.05) is 13.7 Å². The minimum absolute atomic E-state index is 0.0612. The maximum atomic E-state index is 11.7. The van der Waals surface area contributed by atoms with Crippen molar-refractivity contribution in [2.75, 3.05) is 13.7 Å². The van der Waals surface area contributed by atoms with Gasteiger partial charge in [0.15, 0.2) is 0 Å². The molecular formula is C11H17N3O2S. The number of ether oxygens (including phenoxy) is 1. The zero-order valence-electron chi connectivity index (χ0n) is 9.89. The first-order valence-electron chi connectivity index (χ1n) is 5.88. The normalized spacial score (nSPS) is 24.5. The van der Waals surface area contributed by atoms with Crippen molar-refractivity contribution in [3.8, 4) is 0 Å². The van der Waals surface area contributed by atoms with Gasteiger partial charge in [-0.2, -0.15) is 0 Å². The summed E-state index contributed by atoms with van der Waals surface area (Å²) in [6.07, 6.45) is 6.35. The molecule has 1 aliphatic rings. The molecule has 0 saturated heterocycles. The van der Waals surface area contributed by atoms with Crippen LogP contribution >= 0.6 is 11.5 Å². The molecular weight excluding hydrogens is 238 g/mol. The molecule has 1 saturated carbocycles. The number of carbonyl (C=O) groups excluding carboxylic acids is 1. The summed E-state index contributed by atoms with van der Waals surface area (Å²) in [5, 5.41) is 6.59. The van der Waals surface area contributed by atoms with E-state index in [0.717, 1.165) is 43.8 Å². The molecule has 0 bridgehead atoms. The number of rotatable bonds is 4. The van der Waals surface area contributed by atoms with Gasteiger partial charge in [0.2, 0.25) is 0 Å². The standard InChI is InChI=1S/C11H17N3O2S/c1-16-9-4-2-8(3-5-9)6-12-11(15)10-7-13-14-17-10/h7-9H,2-6H2,1H3,(H,12,15). The van der Waals surface area contributed by atoms with Gasteiger partial charge in [0.05, 0.1) is 12.3 Å². The summed E-state index contributed by atoms with van der Waals surface area (Å²) in [7, 11) is 1.77. The average Bonchev–Trinajstić information content (AvgIpc) is 2.90. The van der Waals surface area contributed by atoms with Crippen LogP contribution in [0, 0.1) is 5.92 Å². The molecule has 17 heavy (non-hydrogen) atoms. The monoisotopic (exact) mass is 255 g/mol. The van der Waals surface area contributed by atoms with E-state index in [4.69, 9.17) is 4.74 Å². The molecule has 2 rings (SSSR count). The Balaban J connectivity index is 1.71. The molecule has 1 aliphatic carbocycles. The topological polar surface area (TPSA) is 64.1 Å². The highest BCUT2D eigenvalue weighted by atomic mass is 32.1. The molecule has 5 nitrogen and oxygen atoms in total. The number of carbonyl (C=O) groups is 1. The predicted molar refractivity (Wildman–Crippen MR) is 65.0 cm³/mol. The highest BCUT2D eigenvalue weighted by molar-refractivity contribution is 7.07. The first-order valence-corrected chi connectivity index (χ1v) is 6.65. The van der Waals surface area contributed by atoms with E-state index in [1.54, 1.807) is 7.11 Å². The van der Waals surface area contributed by atoms with Crippen LogP contribution in [0.15, 0.2) is 6.20 Å². The van der Waals surface area contributed by atoms with Crippen molar-refractivity contribution >= 4 is 17.4 Å². The Morgan fingerprint density at radius 1 is 1.53 bits per heavy atom. The van der Waals surface area contributed by atoms with Gasteiger partial charge in [-0.1, -0.05) is 4.49 Å². The Labute approximate surface area is 105 Å². The molecule has 0 radical (unpaired) electrons. The first-order chi connectivity index (χ1) is 8.29. The van der Waals surface area contributed by atoms with Crippen LogP contribution in [0.1, 0.15) is 35.4 Å². The maximum absolute atomic E-state index is 11.7. The first kappa shape index (κ1) is 12.4. The number of hydrogen-bond acceptors (Lipinski definition) is 5. The second-order valence-corrected chi connectivity index (χ2v) is 5.16. The molecule has 1 heterocycles. The van der Waals surface area contributed by atoms with Crippen molar-refractivity contribution in [1.82, 2.24) is 14.9 Å². The summed E-state index contributed by atoms with van der Waals surface area (Å²) >= 11 is 1.13. The highest BCUT2D eigenvalue weighted by Crippen LogP contribution is 2.25. The van der Waals surface area contributed by atoms with Crippen molar-refractivity contribution in [3.05, 3.63) is 11.1 Å². The SMILES string of the molecule is COC1CCC(CNC(=O)c2cnns2)CC1. The molecule has 94 valence electrons. The zero-order valence-corrected chi connectivity index (χ0v) is 10.7. The van der Waals surface area contributed by atoms with E-state index < -0.39 is 0 Å². The summed E-state index contributed by atoms with van der Waals surface area (Å²) < 4.78 is 9.00. The summed E-state index contributed by atoms with van der Waals surface area (Å²) in [4.78, 5) is 12.2. The van der Waals surface area contributed by atoms with Gasteiger partial charge in [-0.15, -0.1) is 5.10 Å². The number of nitrogens with one attached hydrogen (secondary N) is 1. The van der Waals surface area contributed by atoms with Crippen molar-refractivity contribution in [1.29, 1.82) is 0 Å². The number of nitrogens with zero attached hydrogens (tertiary/aromatic N) is 2. The Hall–Kier alpha value is -1.01. The fraction of sp³-hybridized carbons (Fsp3) is 0.727. The Morgan fingerprint density at radius 2 is 2.29 bits per heavy atom. The number of amides is 1. The lowest BCUT2D eigenvalue weighted by molar-refractivity contribution is 0.0563. The molecule has 0 unspecified atom stereocenters. The fourth-order valence-electron chi connectivity index (χ4n) is 2.16. The lowest BCUT2D eigenvalue weighted by Gasteiger charge is -2.27. The lowest BCUT2D eigenvalue weighted by Crippen LogP contribution is -2.32. The lowest BCUT2D eigenvalue weighted by atomic mass is 9.87. The molecule has 1 fully saturated rings. The van der Waals surface area contributed by atoms with E-state index in [2.05, 4.69) is 14.9 Å². The van der Waals surface area contributed by atoms with E-state index >= 15 is 0 Å². The highest BCUT2D eigenvalue weighted by Gasteiger charge is 2.21. The van der Waals surface area contributed by atoms with Gasteiger partial charge < -0.3 is 10.1 Å². The summed E-state index contributed by atoms with van der Waals surface area (Å²) in [5.74, 6) is 0.514. The Kier molecular flexibility index (Phi) is 4.44. The minimum Gasteiger partial charge on any atom is -0.381 e. The summed E-state index contributed by atoms with van der Waals surface area (Å²) in [5.41, 5.74) is 0. The smallest absolute Gasteiger partial charge is 0.264 e. The third kappa shape index (κ3) is 3.47. The molecule has 0 spiro atoms. The van der Waals surface area contributed by atoms with E-state index in [9.17, 15) is 4.79 Å². The number of hydrogen-bond donors (Lipinski definition) is 1. The second-order valence-electron chi connectivity index (χ2n) is 4.37. The summed E-state index contributed by atoms with van der Waals surface area (Å²) in [6, 6.07) is 0. The molecule has 1 aromatic rings. The van der Waals surface area contributed by atoms with Gasteiger partial charge in [0.25, 0.3) is 5.91 Å². The minimum atomic E-state index is -0.0612. The number of aromatic nitrogens is 2. The molecule has 1 amide bonds. The van der Waals surface area contributed by atoms with Gasteiger partial charge in [-0.3, -0.25) is 4.79 Å². The van der Waals surface area contributed by atoms with Crippen LogP contribution in [0.25, 0.3) is 0 Å². The van der Waals surface area contributed by atoms with Crippen molar-refractivity contribution in [3.63, 3.8) is 0 Å². The predicted octanol–water partition coefficient (Wildman–Crippen LogP) is 1.47. The molecule has 1 N–H and O–H groups in total. The Morgan fingerprint density at radius 3 is 2.88 bits per heavy atom. The molecule has 0 aromatic carbocycles. The van der Waals surface area contributed by atoms with Gasteiger partial charge in [-0.05, 0) is 43.1 Å². The van der Waals surface area contributed by atoms with Crippen LogP contribution in [0.5, 0.6) is 0 Å². The zero-order chi connectivity index (χ0) is 12.1. The van der Waals surface area contributed by atoms with E-state index in [1.165, 1.54) is 6.20 Å². The molecule has 0 atom stereocenters. The van der Waals surface area contributed by atoms with Crippen molar-refractivity contribution in [2.45, 2.75) is 31.8 Å². The molecule has 1 aromatic heterocycles. The third-order valence-corrected chi connectivity index (χ3v) is 3.93. The van der Waals surface area contributed by atoms with Crippen LogP contribution < -0.4 is 5.32 Å². The van der Waals surface area contributed by atoms with Crippen LogP contribution in [-0.2, 0) is 4.74 Å². The largest absolute Gasteiger partial charge is 0.381 e. The van der Waals surface area contributed by atoms with Crippen molar-refractivity contribution < 1.29 is 9.53 Å². The second kappa shape index (κ2) is 6.07. The van der Waals surface area contributed by atoms with E-state index in [1.807, 2.05) is 0 Å². The van der Waals surface area contributed by atoms with Gasteiger partial charge in [-0.25, -0.2) is 0 Å². The van der Waals surface area contributed by atoms with Crippen LogP contribution in [0.2, 0.25) is 0 Å². The third-order valence-electron chi connectivity index (χ3n) is 3.26. The molecule has 0 aliphatic heterocycles. The van der Waals surface area contributed by atoms with E-state index in [-0.39, 0.29) is 5.91 Å². The van der Waals surface area contributed by atoms with Gasteiger partial charge >= 0.3 is 0 Å². The number of methoxy groups -OCH3 is 1. The van der Waals surface area contributed by atoms with E-state index in [0.29, 0.717) is 16.9 Å². The Bertz CT molecular complexity index is 348. The fourth-order valence-corrected chi connectivity index (χ4v) is 2.59. The van der Waals surface area contributed by atoms with Gasteiger partial charge in [0.1, 0.15) is 4.88 Å². The van der Waals surface area contributed by atoms with Crippen LogP contribution in [-0.4, -0.2) is 35.3 Å².